The highest BCUT2D eigenvalue weighted by atomic mass is 32.2. The zero-order valence-corrected chi connectivity index (χ0v) is 23.1. The Balaban J connectivity index is 1.25. The number of hydrogen-bond donors (Lipinski definition) is 0. The first-order valence-electron chi connectivity index (χ1n) is 13.5. The first-order chi connectivity index (χ1) is 19.0. The van der Waals surface area contributed by atoms with E-state index in [9.17, 15) is 4.79 Å². The number of fused-ring (bicyclic) bond motifs is 1. The number of piperazine rings is 1. The van der Waals surface area contributed by atoms with Crippen LogP contribution in [0.3, 0.4) is 0 Å². The summed E-state index contributed by atoms with van der Waals surface area (Å²) in [6.07, 6.45) is 3.63. The van der Waals surface area contributed by atoms with E-state index < -0.39 is 0 Å². The second-order valence-electron chi connectivity index (χ2n) is 10.3. The molecule has 2 saturated heterocycles. The van der Waals surface area contributed by atoms with Crippen LogP contribution in [0.5, 0.6) is 0 Å². The van der Waals surface area contributed by atoms with Crippen LogP contribution in [0.4, 0.5) is 10.1 Å². The number of nitrogens with zero attached hydrogens (tertiary/aromatic N) is 5. The van der Waals surface area contributed by atoms with Gasteiger partial charge in [0.1, 0.15) is 5.82 Å². The molecule has 7 nitrogen and oxygen atoms in total. The van der Waals surface area contributed by atoms with E-state index in [2.05, 4.69) is 38.5 Å². The number of halogens is 1. The maximum absolute atomic E-state index is 15.4. The molecule has 0 aliphatic carbocycles. The fourth-order valence-electron chi connectivity index (χ4n) is 5.35. The van der Waals surface area contributed by atoms with Gasteiger partial charge in [-0.05, 0) is 78.7 Å². The number of amidine groups is 1. The van der Waals surface area contributed by atoms with Gasteiger partial charge in [0, 0.05) is 56.9 Å². The monoisotopic (exact) mass is 545 g/mol. The van der Waals surface area contributed by atoms with Crippen LogP contribution in [0.1, 0.15) is 19.4 Å². The van der Waals surface area contributed by atoms with Crippen LogP contribution in [0, 0.1) is 5.82 Å². The topological polar surface area (TPSA) is 61.3 Å². The fourth-order valence-corrected chi connectivity index (χ4v) is 6.32. The van der Waals surface area contributed by atoms with Crippen molar-refractivity contribution < 1.29 is 13.9 Å². The Hall–Kier alpha value is -3.27. The molecule has 6 rings (SSSR count). The van der Waals surface area contributed by atoms with Crippen LogP contribution < -0.4 is 4.90 Å². The van der Waals surface area contributed by atoms with E-state index in [1.54, 1.807) is 12.3 Å². The predicted molar refractivity (Wildman–Crippen MR) is 156 cm³/mol. The molecule has 39 heavy (non-hydrogen) atoms. The average Bonchev–Trinajstić information content (AvgIpc) is 3.33. The predicted octanol–water partition coefficient (Wildman–Crippen LogP) is 4.87. The van der Waals surface area contributed by atoms with Gasteiger partial charge in [0.25, 0.3) is 5.91 Å². The molecule has 3 aliphatic heterocycles. The minimum atomic E-state index is -0.222. The molecule has 1 aromatic heterocycles. The summed E-state index contributed by atoms with van der Waals surface area (Å²) in [5.41, 5.74) is 4.06. The number of ether oxygens (including phenoxy) is 1. The van der Waals surface area contributed by atoms with E-state index in [0.717, 1.165) is 72.0 Å². The molecule has 2 aromatic carbocycles. The highest BCUT2D eigenvalue weighted by molar-refractivity contribution is 8.18. The number of amides is 1. The van der Waals surface area contributed by atoms with Gasteiger partial charge in [-0.3, -0.25) is 14.7 Å². The molecular weight excluding hydrogens is 513 g/mol. The SMILES string of the molecule is CC(C)N1CCN(c2ccc(-c3ccnc4ccc(C=C5SC(N6CCOCC6)=NC5=O)cc34)cc2F)CC1. The smallest absolute Gasteiger partial charge is 0.286 e. The maximum Gasteiger partial charge on any atom is 0.286 e. The minimum Gasteiger partial charge on any atom is -0.378 e. The van der Waals surface area contributed by atoms with E-state index in [-0.39, 0.29) is 11.7 Å². The molecule has 9 heteroatoms. The molecular formula is C30H32FN5O2S. The largest absolute Gasteiger partial charge is 0.378 e. The lowest BCUT2D eigenvalue weighted by Gasteiger charge is -2.38. The standard InChI is InChI=1S/C30H32FN5O2S/c1-20(2)34-9-11-35(12-10-34)27-6-4-22(19-25(27)31)23-7-8-32-26-5-3-21(17-24(23)26)18-28-29(37)33-30(39-28)36-13-15-38-16-14-36/h3-8,17-20H,9-16H2,1-2H3. The number of pyridine rings is 1. The van der Waals surface area contributed by atoms with Crippen molar-refractivity contribution in [3.05, 3.63) is 64.9 Å². The summed E-state index contributed by atoms with van der Waals surface area (Å²) in [5, 5.41) is 1.65. The van der Waals surface area contributed by atoms with Crippen LogP contribution in [0.15, 0.2) is 58.6 Å². The summed E-state index contributed by atoms with van der Waals surface area (Å²) in [7, 11) is 0. The molecule has 3 aromatic rings. The molecule has 0 saturated carbocycles. The molecule has 0 atom stereocenters. The van der Waals surface area contributed by atoms with Crippen LogP contribution in [0.25, 0.3) is 28.1 Å². The Kier molecular flexibility index (Phi) is 7.38. The highest BCUT2D eigenvalue weighted by Gasteiger charge is 2.27. The van der Waals surface area contributed by atoms with Gasteiger partial charge in [0.2, 0.25) is 0 Å². The second kappa shape index (κ2) is 11.1. The Morgan fingerprint density at radius 1 is 0.974 bits per heavy atom. The average molecular weight is 546 g/mol. The van der Waals surface area contributed by atoms with Crippen molar-refractivity contribution in [1.29, 1.82) is 0 Å². The quantitative estimate of drug-likeness (QED) is 0.434. The van der Waals surface area contributed by atoms with Gasteiger partial charge in [0.05, 0.1) is 29.3 Å². The summed E-state index contributed by atoms with van der Waals surface area (Å²) in [6.45, 7) is 10.7. The molecule has 1 amide bonds. The van der Waals surface area contributed by atoms with E-state index >= 15 is 4.39 Å². The molecule has 2 fully saturated rings. The Labute approximate surface area is 232 Å². The van der Waals surface area contributed by atoms with Crippen LogP contribution in [-0.2, 0) is 9.53 Å². The van der Waals surface area contributed by atoms with Crippen LogP contribution in [-0.4, -0.2) is 84.4 Å². The van der Waals surface area contributed by atoms with E-state index in [0.29, 0.717) is 29.8 Å². The minimum absolute atomic E-state index is 0.213. The fraction of sp³-hybridized carbons (Fsp3) is 0.367. The Morgan fingerprint density at radius 2 is 1.77 bits per heavy atom. The molecule has 0 radical (unpaired) electrons. The molecule has 3 aliphatic rings. The number of morpholine rings is 1. The first-order valence-corrected chi connectivity index (χ1v) is 14.3. The van der Waals surface area contributed by atoms with Crippen molar-refractivity contribution in [2.75, 3.05) is 57.4 Å². The summed E-state index contributed by atoms with van der Waals surface area (Å²) in [5.74, 6) is -0.436. The third-order valence-corrected chi connectivity index (χ3v) is 8.64. The summed E-state index contributed by atoms with van der Waals surface area (Å²) < 4.78 is 20.8. The highest BCUT2D eigenvalue weighted by Crippen LogP contribution is 2.34. The molecule has 0 unspecified atom stereocenters. The lowest BCUT2D eigenvalue weighted by molar-refractivity contribution is -0.113. The number of anilines is 1. The van der Waals surface area contributed by atoms with Crippen molar-refractivity contribution in [3.8, 4) is 11.1 Å². The summed E-state index contributed by atoms with van der Waals surface area (Å²) >= 11 is 1.40. The Morgan fingerprint density at radius 3 is 2.51 bits per heavy atom. The third kappa shape index (κ3) is 5.44. The molecule has 202 valence electrons. The maximum atomic E-state index is 15.4. The van der Waals surface area contributed by atoms with Crippen molar-refractivity contribution in [1.82, 2.24) is 14.8 Å². The number of aliphatic imine (C=N–C) groups is 1. The van der Waals surface area contributed by atoms with Gasteiger partial charge in [-0.1, -0.05) is 12.1 Å². The normalized spacial score (nSPS) is 19.9. The first kappa shape index (κ1) is 26.0. The molecule has 0 bridgehead atoms. The zero-order chi connectivity index (χ0) is 26.9. The number of carbonyl (C=O) groups excluding carboxylic acids is 1. The van der Waals surface area contributed by atoms with E-state index in [1.807, 2.05) is 42.5 Å². The van der Waals surface area contributed by atoms with Crippen LogP contribution in [0.2, 0.25) is 0 Å². The van der Waals surface area contributed by atoms with Gasteiger partial charge in [-0.15, -0.1) is 0 Å². The number of benzene rings is 2. The van der Waals surface area contributed by atoms with Gasteiger partial charge in [-0.2, -0.15) is 4.99 Å². The zero-order valence-electron chi connectivity index (χ0n) is 22.3. The van der Waals surface area contributed by atoms with Gasteiger partial charge in [0.15, 0.2) is 5.17 Å². The molecule has 4 heterocycles. The molecule has 0 spiro atoms. The number of thioether (sulfide) groups is 1. The van der Waals surface area contributed by atoms with Crippen LogP contribution >= 0.6 is 11.8 Å². The van der Waals surface area contributed by atoms with Gasteiger partial charge >= 0.3 is 0 Å². The lowest BCUT2D eigenvalue weighted by atomic mass is 9.99. The van der Waals surface area contributed by atoms with E-state index in [1.165, 1.54) is 11.8 Å². The number of aromatic nitrogens is 1. The number of hydrogen-bond acceptors (Lipinski definition) is 7. The van der Waals surface area contributed by atoms with Crippen molar-refractivity contribution in [2.24, 2.45) is 4.99 Å². The Bertz CT molecular complexity index is 1460. The van der Waals surface area contributed by atoms with Crippen molar-refractivity contribution in [3.63, 3.8) is 0 Å². The second-order valence-corrected chi connectivity index (χ2v) is 11.3. The van der Waals surface area contributed by atoms with E-state index in [4.69, 9.17) is 4.74 Å². The summed E-state index contributed by atoms with van der Waals surface area (Å²) in [6, 6.07) is 13.9. The number of rotatable bonds is 4. The van der Waals surface area contributed by atoms with Crippen molar-refractivity contribution in [2.45, 2.75) is 19.9 Å². The van der Waals surface area contributed by atoms with Crippen molar-refractivity contribution >= 4 is 45.5 Å². The summed E-state index contributed by atoms with van der Waals surface area (Å²) in [4.78, 5) is 28.7. The lowest BCUT2D eigenvalue weighted by Crippen LogP contribution is -2.49. The van der Waals surface area contributed by atoms with Gasteiger partial charge in [-0.25, -0.2) is 4.39 Å². The van der Waals surface area contributed by atoms with Gasteiger partial charge < -0.3 is 14.5 Å². The molecule has 0 N–H and O–H groups in total. The number of carbonyl (C=O) groups is 1. The third-order valence-electron chi connectivity index (χ3n) is 7.60.